The first kappa shape index (κ1) is 20.3. The third kappa shape index (κ3) is 4.16. The molecule has 0 unspecified atom stereocenters. The quantitative estimate of drug-likeness (QED) is 0.600. The van der Waals surface area contributed by atoms with Crippen LogP contribution in [0, 0.1) is 5.92 Å². The number of fused-ring (bicyclic) bond motifs is 1. The lowest BCUT2D eigenvalue weighted by atomic mass is 10.00. The van der Waals surface area contributed by atoms with Crippen molar-refractivity contribution < 1.29 is 18.0 Å². The van der Waals surface area contributed by atoms with Gasteiger partial charge in [0.1, 0.15) is 0 Å². The van der Waals surface area contributed by atoms with Crippen LogP contribution in [0.25, 0.3) is 10.2 Å². The summed E-state index contributed by atoms with van der Waals surface area (Å²) >= 11 is 1.19. The molecule has 0 radical (unpaired) electrons. The Labute approximate surface area is 173 Å². The summed E-state index contributed by atoms with van der Waals surface area (Å²) in [7, 11) is 0. The van der Waals surface area contributed by atoms with E-state index in [9.17, 15) is 22.8 Å². The van der Waals surface area contributed by atoms with E-state index in [1.807, 2.05) is 4.90 Å². The van der Waals surface area contributed by atoms with Gasteiger partial charge in [-0.1, -0.05) is 17.4 Å². The summed E-state index contributed by atoms with van der Waals surface area (Å²) in [5.41, 5.74) is -0.991. The van der Waals surface area contributed by atoms with E-state index >= 15 is 0 Å². The van der Waals surface area contributed by atoms with Gasteiger partial charge in [0.2, 0.25) is 5.91 Å². The number of carbonyl (C=O) groups excluding carboxylic acids is 1. The minimum absolute atomic E-state index is 0.0531. The van der Waals surface area contributed by atoms with Crippen molar-refractivity contribution in [3.8, 4) is 0 Å². The van der Waals surface area contributed by atoms with E-state index in [1.165, 1.54) is 34.3 Å². The van der Waals surface area contributed by atoms with Crippen LogP contribution in [-0.2, 0) is 17.5 Å². The molecular formula is C19H18F3N5O2S. The molecule has 2 aromatic heterocycles. The van der Waals surface area contributed by atoms with Crippen LogP contribution in [-0.4, -0.2) is 40.3 Å². The molecule has 4 rings (SSSR count). The number of anilines is 1. The third-order valence-electron chi connectivity index (χ3n) is 4.87. The zero-order valence-electron chi connectivity index (χ0n) is 15.7. The summed E-state index contributed by atoms with van der Waals surface area (Å²) in [4.78, 5) is 29.8. The lowest BCUT2D eigenvalue weighted by molar-refractivity contribution is -0.136. The molecule has 7 nitrogen and oxygen atoms in total. The van der Waals surface area contributed by atoms with Gasteiger partial charge in [0.05, 0.1) is 21.7 Å². The molecule has 1 aromatic carbocycles. The number of hydrogen-bond acceptors (Lipinski definition) is 6. The molecule has 1 saturated heterocycles. The number of rotatable bonds is 6. The van der Waals surface area contributed by atoms with Crippen molar-refractivity contribution >= 4 is 32.6 Å². The molecule has 30 heavy (non-hydrogen) atoms. The van der Waals surface area contributed by atoms with E-state index in [2.05, 4.69) is 15.4 Å². The molecule has 3 heterocycles. The SMILES string of the molecule is O=C(NCCCn1ncccc1=O)C1CN(c2nc3c(C(F)(F)F)cccc3s2)C1. The number of nitrogens with one attached hydrogen (secondary N) is 1. The van der Waals surface area contributed by atoms with E-state index in [0.717, 1.165) is 6.07 Å². The fourth-order valence-electron chi connectivity index (χ4n) is 3.24. The Morgan fingerprint density at radius 2 is 2.03 bits per heavy atom. The maximum atomic E-state index is 13.1. The van der Waals surface area contributed by atoms with Crippen LogP contribution in [0.3, 0.4) is 0 Å². The molecule has 1 amide bonds. The van der Waals surface area contributed by atoms with Gasteiger partial charge >= 0.3 is 6.18 Å². The first-order valence-electron chi connectivity index (χ1n) is 9.34. The molecule has 0 saturated carbocycles. The van der Waals surface area contributed by atoms with Crippen LogP contribution in [0.15, 0.2) is 41.3 Å². The lowest BCUT2D eigenvalue weighted by Crippen LogP contribution is -2.53. The largest absolute Gasteiger partial charge is 0.418 e. The molecule has 0 atom stereocenters. The van der Waals surface area contributed by atoms with Crippen molar-refractivity contribution in [1.82, 2.24) is 20.1 Å². The normalized spacial score (nSPS) is 14.7. The lowest BCUT2D eigenvalue weighted by Gasteiger charge is -2.37. The minimum atomic E-state index is -4.46. The first-order valence-corrected chi connectivity index (χ1v) is 10.2. The number of aromatic nitrogens is 3. The highest BCUT2D eigenvalue weighted by Gasteiger charge is 2.37. The number of amides is 1. The summed E-state index contributed by atoms with van der Waals surface area (Å²) in [6.07, 6.45) is -2.36. The van der Waals surface area contributed by atoms with Crippen LogP contribution in [0.2, 0.25) is 0 Å². The summed E-state index contributed by atoms with van der Waals surface area (Å²) in [5.74, 6) is -0.353. The Kier molecular flexibility index (Phi) is 5.46. The summed E-state index contributed by atoms with van der Waals surface area (Å²) in [6, 6.07) is 7.00. The van der Waals surface area contributed by atoms with Crippen LogP contribution >= 0.6 is 11.3 Å². The summed E-state index contributed by atoms with van der Waals surface area (Å²) in [6.45, 7) is 1.64. The highest BCUT2D eigenvalue weighted by atomic mass is 32.1. The molecule has 1 fully saturated rings. The number of halogens is 3. The second-order valence-corrected chi connectivity index (χ2v) is 7.99. The number of thiazole rings is 1. The second kappa shape index (κ2) is 8.05. The van der Waals surface area contributed by atoms with Crippen molar-refractivity contribution in [2.45, 2.75) is 19.1 Å². The van der Waals surface area contributed by atoms with E-state index in [4.69, 9.17) is 0 Å². The van der Waals surface area contributed by atoms with Crippen LogP contribution < -0.4 is 15.8 Å². The summed E-state index contributed by atoms with van der Waals surface area (Å²) < 4.78 is 41.2. The molecule has 1 aliphatic heterocycles. The highest BCUT2D eigenvalue weighted by molar-refractivity contribution is 7.22. The van der Waals surface area contributed by atoms with Crippen LogP contribution in [0.1, 0.15) is 12.0 Å². The Hall–Kier alpha value is -2.95. The van der Waals surface area contributed by atoms with Gasteiger partial charge in [-0.05, 0) is 24.6 Å². The van der Waals surface area contributed by atoms with Gasteiger partial charge in [-0.2, -0.15) is 18.3 Å². The molecule has 0 spiro atoms. The van der Waals surface area contributed by atoms with E-state index in [-0.39, 0.29) is 22.9 Å². The predicted octanol–water partition coefficient (Wildman–Crippen LogP) is 2.51. The van der Waals surface area contributed by atoms with Crippen LogP contribution in [0.5, 0.6) is 0 Å². The van der Waals surface area contributed by atoms with Gasteiger partial charge in [-0.15, -0.1) is 0 Å². The van der Waals surface area contributed by atoms with Crippen molar-refractivity contribution in [3.05, 3.63) is 52.4 Å². The molecule has 1 N–H and O–H groups in total. The Morgan fingerprint density at radius 3 is 2.77 bits per heavy atom. The number of benzene rings is 1. The third-order valence-corrected chi connectivity index (χ3v) is 5.95. The maximum absolute atomic E-state index is 13.1. The average Bonchev–Trinajstić information content (AvgIpc) is 3.08. The van der Waals surface area contributed by atoms with Gasteiger partial charge in [0.25, 0.3) is 5.56 Å². The molecular weight excluding hydrogens is 419 g/mol. The zero-order valence-corrected chi connectivity index (χ0v) is 16.5. The smallest absolute Gasteiger partial charge is 0.356 e. The summed E-state index contributed by atoms with van der Waals surface area (Å²) in [5, 5.41) is 7.26. The number of para-hydroxylation sites is 1. The van der Waals surface area contributed by atoms with Crippen molar-refractivity contribution in [1.29, 1.82) is 0 Å². The highest BCUT2D eigenvalue weighted by Crippen LogP contribution is 2.39. The predicted molar refractivity (Wildman–Crippen MR) is 106 cm³/mol. The fraction of sp³-hybridized carbons (Fsp3) is 0.368. The Morgan fingerprint density at radius 1 is 1.23 bits per heavy atom. The molecule has 158 valence electrons. The Balaban J connectivity index is 1.29. The first-order chi connectivity index (χ1) is 14.3. The second-order valence-electron chi connectivity index (χ2n) is 6.98. The van der Waals surface area contributed by atoms with Crippen molar-refractivity contribution in [2.24, 2.45) is 5.92 Å². The van der Waals surface area contributed by atoms with Gasteiger partial charge < -0.3 is 10.2 Å². The van der Waals surface area contributed by atoms with Crippen molar-refractivity contribution in [2.75, 3.05) is 24.5 Å². The molecule has 3 aromatic rings. The molecule has 11 heteroatoms. The van der Waals surface area contributed by atoms with Crippen LogP contribution in [0.4, 0.5) is 18.3 Å². The monoisotopic (exact) mass is 437 g/mol. The topological polar surface area (TPSA) is 80.1 Å². The van der Waals surface area contributed by atoms with Gasteiger partial charge in [0, 0.05) is 38.4 Å². The molecule has 1 aliphatic rings. The number of aryl methyl sites for hydroxylation is 1. The fourth-order valence-corrected chi connectivity index (χ4v) is 4.25. The number of alkyl halides is 3. The van der Waals surface area contributed by atoms with Crippen molar-refractivity contribution in [3.63, 3.8) is 0 Å². The van der Waals surface area contributed by atoms with Gasteiger partial charge in [-0.25, -0.2) is 9.67 Å². The number of hydrogen-bond donors (Lipinski definition) is 1. The maximum Gasteiger partial charge on any atom is 0.418 e. The number of nitrogens with zero attached hydrogens (tertiary/aromatic N) is 4. The Bertz CT molecular complexity index is 1120. The molecule has 0 aliphatic carbocycles. The van der Waals surface area contributed by atoms with Gasteiger partial charge in [-0.3, -0.25) is 9.59 Å². The zero-order chi connectivity index (χ0) is 21.3. The molecule has 0 bridgehead atoms. The van der Waals surface area contributed by atoms with E-state index in [0.29, 0.717) is 42.4 Å². The minimum Gasteiger partial charge on any atom is -0.356 e. The standard InChI is InChI=1S/C19H18F3N5O2S/c20-19(21,22)13-4-1-5-14-16(13)25-18(30-14)26-10-12(11-26)17(29)23-7-3-9-27-15(28)6-2-8-24-27/h1-2,4-6,8,12H,3,7,9-11H2,(H,23,29). The van der Waals surface area contributed by atoms with E-state index < -0.39 is 11.7 Å². The van der Waals surface area contributed by atoms with E-state index in [1.54, 1.807) is 12.1 Å². The average molecular weight is 437 g/mol. The van der Waals surface area contributed by atoms with Gasteiger partial charge in [0.15, 0.2) is 5.13 Å². The number of carbonyl (C=O) groups is 1.